The first-order chi connectivity index (χ1) is 9.83. The first-order valence-electron chi connectivity index (χ1n) is 6.91. The van der Waals surface area contributed by atoms with Crippen molar-refractivity contribution in [1.29, 1.82) is 0 Å². The van der Waals surface area contributed by atoms with E-state index in [9.17, 15) is 23.2 Å². The van der Waals surface area contributed by atoms with E-state index in [-0.39, 0.29) is 6.61 Å². The SMILES string of the molecule is CCOC(=O)C1(C)CN(C(=O)OC(C)(C)C)CC(F)(F)C1=O. The Morgan fingerprint density at radius 2 is 1.82 bits per heavy atom. The van der Waals surface area contributed by atoms with Crippen LogP contribution in [0.15, 0.2) is 0 Å². The van der Waals surface area contributed by atoms with Crippen LogP contribution in [0.25, 0.3) is 0 Å². The van der Waals surface area contributed by atoms with Crippen molar-refractivity contribution in [1.82, 2.24) is 4.90 Å². The summed E-state index contributed by atoms with van der Waals surface area (Å²) in [7, 11) is 0. The zero-order valence-electron chi connectivity index (χ0n) is 13.4. The molecule has 22 heavy (non-hydrogen) atoms. The van der Waals surface area contributed by atoms with Gasteiger partial charge in [0.2, 0.25) is 5.78 Å². The summed E-state index contributed by atoms with van der Waals surface area (Å²) in [4.78, 5) is 36.5. The molecule has 126 valence electrons. The van der Waals surface area contributed by atoms with E-state index in [1.54, 1.807) is 20.8 Å². The van der Waals surface area contributed by atoms with Crippen molar-refractivity contribution in [2.24, 2.45) is 5.41 Å². The zero-order valence-corrected chi connectivity index (χ0v) is 13.4. The highest BCUT2D eigenvalue weighted by atomic mass is 19.3. The smallest absolute Gasteiger partial charge is 0.410 e. The zero-order chi connectivity index (χ0) is 17.3. The van der Waals surface area contributed by atoms with Gasteiger partial charge in [-0.15, -0.1) is 0 Å². The van der Waals surface area contributed by atoms with Gasteiger partial charge in [0.15, 0.2) is 0 Å². The first kappa shape index (κ1) is 18.3. The molecule has 6 nitrogen and oxygen atoms in total. The number of hydrogen-bond donors (Lipinski definition) is 0. The molecule has 0 radical (unpaired) electrons. The Hall–Kier alpha value is -1.73. The molecule has 1 amide bonds. The minimum Gasteiger partial charge on any atom is -0.465 e. The average molecular weight is 321 g/mol. The molecule has 1 saturated heterocycles. The molecule has 0 spiro atoms. The van der Waals surface area contributed by atoms with Crippen LogP contribution in [0.1, 0.15) is 34.6 Å². The minimum absolute atomic E-state index is 0.0558. The number of piperidine rings is 1. The van der Waals surface area contributed by atoms with Gasteiger partial charge in [0.1, 0.15) is 11.0 Å². The molecule has 1 fully saturated rings. The van der Waals surface area contributed by atoms with Crippen LogP contribution in [0.2, 0.25) is 0 Å². The summed E-state index contributed by atoms with van der Waals surface area (Å²) in [6.45, 7) is 5.63. The van der Waals surface area contributed by atoms with E-state index in [1.807, 2.05) is 0 Å². The van der Waals surface area contributed by atoms with Gasteiger partial charge in [-0.1, -0.05) is 0 Å². The van der Waals surface area contributed by atoms with Gasteiger partial charge in [-0.25, -0.2) is 4.79 Å². The highest BCUT2D eigenvalue weighted by Crippen LogP contribution is 2.36. The normalized spacial score (nSPS) is 24.9. The van der Waals surface area contributed by atoms with Crippen LogP contribution < -0.4 is 0 Å². The Labute approximate surface area is 127 Å². The molecule has 1 aliphatic heterocycles. The van der Waals surface area contributed by atoms with Crippen molar-refractivity contribution in [2.75, 3.05) is 19.7 Å². The Kier molecular flexibility index (Phi) is 4.84. The number of alkyl halides is 2. The summed E-state index contributed by atoms with van der Waals surface area (Å²) < 4.78 is 37.6. The number of halogens is 2. The molecule has 8 heteroatoms. The molecule has 1 rings (SSSR count). The molecular weight excluding hydrogens is 300 g/mol. The van der Waals surface area contributed by atoms with E-state index in [1.165, 1.54) is 6.92 Å². The topological polar surface area (TPSA) is 72.9 Å². The fraction of sp³-hybridized carbons (Fsp3) is 0.786. The second kappa shape index (κ2) is 5.81. The average Bonchev–Trinajstić information content (AvgIpc) is 2.33. The van der Waals surface area contributed by atoms with Gasteiger partial charge >= 0.3 is 18.0 Å². The van der Waals surface area contributed by atoms with Crippen LogP contribution in [0.3, 0.4) is 0 Å². The fourth-order valence-electron chi connectivity index (χ4n) is 2.13. The lowest BCUT2D eigenvalue weighted by molar-refractivity contribution is -0.179. The summed E-state index contributed by atoms with van der Waals surface area (Å²) >= 11 is 0. The lowest BCUT2D eigenvalue weighted by Crippen LogP contribution is -2.63. The monoisotopic (exact) mass is 321 g/mol. The molecule has 0 saturated carbocycles. The van der Waals surface area contributed by atoms with Gasteiger partial charge in [-0.05, 0) is 34.6 Å². The number of carbonyl (C=O) groups is 3. The van der Waals surface area contributed by atoms with Crippen LogP contribution >= 0.6 is 0 Å². The number of likely N-dealkylation sites (tertiary alicyclic amines) is 1. The van der Waals surface area contributed by atoms with Gasteiger partial charge in [0, 0.05) is 6.54 Å². The standard InChI is InChI=1S/C14H21F2NO5/c1-6-21-10(19)13(5)7-17(8-14(15,16)9(13)18)11(20)22-12(2,3)4/h6-8H2,1-5H3. The van der Waals surface area contributed by atoms with Crippen molar-refractivity contribution >= 4 is 17.8 Å². The third-order valence-corrected chi connectivity index (χ3v) is 3.11. The predicted molar refractivity (Wildman–Crippen MR) is 72.5 cm³/mol. The first-order valence-corrected chi connectivity index (χ1v) is 6.91. The van der Waals surface area contributed by atoms with Crippen LogP contribution in [-0.4, -0.2) is 54.0 Å². The molecule has 1 aliphatic rings. The van der Waals surface area contributed by atoms with E-state index >= 15 is 0 Å². The second-order valence-corrected chi connectivity index (χ2v) is 6.42. The Bertz CT molecular complexity index is 486. The van der Waals surface area contributed by atoms with Crippen LogP contribution in [0.4, 0.5) is 13.6 Å². The maximum atomic E-state index is 13.9. The number of carbonyl (C=O) groups excluding carboxylic acids is 3. The number of ketones is 1. The largest absolute Gasteiger partial charge is 0.465 e. The second-order valence-electron chi connectivity index (χ2n) is 6.42. The number of amides is 1. The molecule has 1 unspecified atom stereocenters. The van der Waals surface area contributed by atoms with E-state index in [4.69, 9.17) is 9.47 Å². The predicted octanol–water partition coefficient (Wildman–Crippen LogP) is 2.01. The molecule has 0 aromatic carbocycles. The molecular formula is C14H21F2NO5. The van der Waals surface area contributed by atoms with Crippen molar-refractivity contribution in [3.63, 3.8) is 0 Å². The van der Waals surface area contributed by atoms with Crippen molar-refractivity contribution in [3.05, 3.63) is 0 Å². The lowest BCUT2D eigenvalue weighted by Gasteiger charge is -2.41. The van der Waals surface area contributed by atoms with Crippen molar-refractivity contribution in [2.45, 2.75) is 46.1 Å². The van der Waals surface area contributed by atoms with Gasteiger partial charge in [0.25, 0.3) is 0 Å². The Balaban J connectivity index is 3.08. The maximum Gasteiger partial charge on any atom is 0.410 e. The van der Waals surface area contributed by atoms with Gasteiger partial charge in [-0.2, -0.15) is 8.78 Å². The number of hydrogen-bond acceptors (Lipinski definition) is 5. The summed E-state index contributed by atoms with van der Waals surface area (Å²) in [6.07, 6.45) is -1.00. The van der Waals surface area contributed by atoms with Crippen LogP contribution in [-0.2, 0) is 19.1 Å². The molecule has 1 atom stereocenters. The van der Waals surface area contributed by atoms with Gasteiger partial charge in [0.05, 0.1) is 13.2 Å². The van der Waals surface area contributed by atoms with E-state index < -0.39 is 47.9 Å². The third-order valence-electron chi connectivity index (χ3n) is 3.11. The number of Topliss-reactive ketones (excluding diaryl/α,β-unsaturated/α-hetero) is 1. The van der Waals surface area contributed by atoms with Crippen molar-refractivity contribution < 1.29 is 32.6 Å². The molecule has 0 N–H and O–H groups in total. The van der Waals surface area contributed by atoms with Crippen molar-refractivity contribution in [3.8, 4) is 0 Å². The summed E-state index contributed by atoms with van der Waals surface area (Å²) in [5.41, 5.74) is -3.00. The van der Waals surface area contributed by atoms with E-state index in [2.05, 4.69) is 0 Å². The Morgan fingerprint density at radius 1 is 1.27 bits per heavy atom. The fourth-order valence-corrected chi connectivity index (χ4v) is 2.13. The van der Waals surface area contributed by atoms with Gasteiger partial charge in [-0.3, -0.25) is 9.59 Å². The summed E-state index contributed by atoms with van der Waals surface area (Å²) in [6, 6.07) is 0. The lowest BCUT2D eigenvalue weighted by atomic mass is 9.79. The number of rotatable bonds is 2. The van der Waals surface area contributed by atoms with E-state index in [0.29, 0.717) is 4.90 Å². The quantitative estimate of drug-likeness (QED) is 0.574. The molecule has 0 aromatic rings. The third kappa shape index (κ3) is 3.72. The van der Waals surface area contributed by atoms with Crippen LogP contribution in [0, 0.1) is 5.41 Å². The van der Waals surface area contributed by atoms with E-state index in [0.717, 1.165) is 6.92 Å². The summed E-state index contributed by atoms with van der Waals surface area (Å²) in [5.74, 6) is -6.46. The van der Waals surface area contributed by atoms with Crippen LogP contribution in [0.5, 0.6) is 0 Å². The molecule has 0 bridgehead atoms. The molecule has 1 heterocycles. The minimum atomic E-state index is -3.84. The maximum absolute atomic E-state index is 13.9. The van der Waals surface area contributed by atoms with Gasteiger partial charge < -0.3 is 14.4 Å². The Morgan fingerprint density at radius 3 is 2.27 bits per heavy atom. The number of nitrogens with zero attached hydrogens (tertiary/aromatic N) is 1. The summed E-state index contributed by atoms with van der Waals surface area (Å²) in [5, 5.41) is 0. The molecule has 0 aromatic heterocycles. The highest BCUT2D eigenvalue weighted by Gasteiger charge is 2.60. The highest BCUT2D eigenvalue weighted by molar-refractivity contribution is 6.08. The molecule has 0 aliphatic carbocycles. The number of esters is 1. The number of ether oxygens (including phenoxy) is 2.